The molecular weight excluding hydrogens is 238 g/mol. The molecule has 1 heterocycles. The van der Waals surface area contributed by atoms with Gasteiger partial charge in [-0.05, 0) is 23.8 Å². The Hall–Kier alpha value is -1.94. The molecule has 3 rings (SSSR count). The van der Waals surface area contributed by atoms with Gasteiger partial charge >= 0.3 is 0 Å². The minimum atomic E-state index is -0.0536. The molecule has 1 aromatic carbocycles. The fourth-order valence-corrected chi connectivity index (χ4v) is 2.56. The molecule has 1 aliphatic rings. The third-order valence-corrected chi connectivity index (χ3v) is 3.74. The van der Waals surface area contributed by atoms with E-state index in [4.69, 9.17) is 10.5 Å². The molecule has 3 unspecified atom stereocenters. The summed E-state index contributed by atoms with van der Waals surface area (Å²) in [5.74, 6) is 1.58. The Morgan fingerprint density at radius 1 is 1.26 bits per heavy atom. The molecule has 1 saturated carbocycles. The molecule has 0 amide bonds. The number of aromatic nitrogens is 2. The number of nitrogens with zero attached hydrogens (tertiary/aromatic N) is 2. The fourth-order valence-electron chi connectivity index (χ4n) is 2.56. The van der Waals surface area contributed by atoms with E-state index in [1.54, 1.807) is 7.11 Å². The first-order chi connectivity index (χ1) is 9.29. The van der Waals surface area contributed by atoms with E-state index >= 15 is 0 Å². The van der Waals surface area contributed by atoms with Crippen LogP contribution in [0.2, 0.25) is 0 Å². The largest absolute Gasteiger partial charge is 0.481 e. The van der Waals surface area contributed by atoms with E-state index in [1.165, 1.54) is 11.9 Å². The van der Waals surface area contributed by atoms with Crippen molar-refractivity contribution in [2.45, 2.75) is 18.4 Å². The average Bonchev–Trinajstić information content (AvgIpc) is 3.28. The number of ether oxygens (including phenoxy) is 1. The van der Waals surface area contributed by atoms with Gasteiger partial charge in [0.1, 0.15) is 6.33 Å². The van der Waals surface area contributed by atoms with Crippen LogP contribution in [0.15, 0.2) is 42.7 Å². The molecule has 1 aliphatic carbocycles. The van der Waals surface area contributed by atoms with E-state index in [2.05, 4.69) is 34.2 Å². The summed E-state index contributed by atoms with van der Waals surface area (Å²) in [6.07, 6.45) is 2.63. The van der Waals surface area contributed by atoms with Crippen molar-refractivity contribution in [2.75, 3.05) is 7.11 Å². The first-order valence-electron chi connectivity index (χ1n) is 6.46. The molecule has 4 nitrogen and oxygen atoms in total. The molecule has 98 valence electrons. The molecule has 0 aliphatic heterocycles. The molecule has 0 saturated heterocycles. The summed E-state index contributed by atoms with van der Waals surface area (Å²) in [7, 11) is 1.60. The molecule has 0 spiro atoms. The Kier molecular flexibility index (Phi) is 3.17. The lowest BCUT2D eigenvalue weighted by molar-refractivity contribution is 0.394. The van der Waals surface area contributed by atoms with Crippen LogP contribution in [-0.2, 0) is 0 Å². The summed E-state index contributed by atoms with van der Waals surface area (Å²) in [4.78, 5) is 8.27. The summed E-state index contributed by atoms with van der Waals surface area (Å²) in [5, 5.41) is 0. The molecule has 2 N–H and O–H groups in total. The Bertz CT molecular complexity index is 558. The lowest BCUT2D eigenvalue weighted by atomic mass is 10.0. The number of benzene rings is 1. The van der Waals surface area contributed by atoms with Gasteiger partial charge in [0, 0.05) is 6.07 Å². The van der Waals surface area contributed by atoms with E-state index in [0.717, 1.165) is 12.1 Å². The lowest BCUT2D eigenvalue weighted by Crippen LogP contribution is -2.15. The van der Waals surface area contributed by atoms with Gasteiger partial charge in [0.2, 0.25) is 5.88 Å². The zero-order valence-corrected chi connectivity index (χ0v) is 10.9. The summed E-state index contributed by atoms with van der Waals surface area (Å²) in [6, 6.07) is 12.3. The van der Waals surface area contributed by atoms with Gasteiger partial charge in [0.25, 0.3) is 0 Å². The topological polar surface area (TPSA) is 61.0 Å². The predicted octanol–water partition coefficient (Wildman–Crippen LogP) is 2.29. The van der Waals surface area contributed by atoms with Crippen molar-refractivity contribution in [3.8, 4) is 5.88 Å². The van der Waals surface area contributed by atoms with Crippen molar-refractivity contribution in [3.63, 3.8) is 0 Å². The third-order valence-electron chi connectivity index (χ3n) is 3.74. The van der Waals surface area contributed by atoms with Crippen molar-refractivity contribution in [3.05, 3.63) is 54.0 Å². The van der Waals surface area contributed by atoms with Gasteiger partial charge in [-0.15, -0.1) is 0 Å². The quantitative estimate of drug-likeness (QED) is 0.910. The second-order valence-corrected chi connectivity index (χ2v) is 4.93. The van der Waals surface area contributed by atoms with Crippen LogP contribution in [0.1, 0.15) is 29.6 Å². The maximum absolute atomic E-state index is 6.31. The summed E-state index contributed by atoms with van der Waals surface area (Å²) in [5.41, 5.74) is 8.53. The molecule has 0 radical (unpaired) electrons. The molecule has 1 fully saturated rings. The highest BCUT2D eigenvalue weighted by Crippen LogP contribution is 2.52. The van der Waals surface area contributed by atoms with E-state index in [-0.39, 0.29) is 6.04 Å². The highest BCUT2D eigenvalue weighted by atomic mass is 16.5. The maximum Gasteiger partial charge on any atom is 0.216 e. The first-order valence-corrected chi connectivity index (χ1v) is 6.46. The van der Waals surface area contributed by atoms with Crippen LogP contribution in [0.5, 0.6) is 5.88 Å². The van der Waals surface area contributed by atoms with Gasteiger partial charge in [0.05, 0.1) is 18.8 Å². The zero-order chi connectivity index (χ0) is 13.2. The van der Waals surface area contributed by atoms with Crippen LogP contribution in [0.3, 0.4) is 0 Å². The van der Waals surface area contributed by atoms with E-state index in [1.807, 2.05) is 12.1 Å². The predicted molar refractivity (Wildman–Crippen MR) is 72.8 cm³/mol. The second kappa shape index (κ2) is 4.97. The van der Waals surface area contributed by atoms with Crippen molar-refractivity contribution in [1.82, 2.24) is 9.97 Å². The number of methoxy groups -OCH3 is 1. The van der Waals surface area contributed by atoms with Crippen LogP contribution < -0.4 is 10.5 Å². The summed E-state index contributed by atoms with van der Waals surface area (Å²) >= 11 is 0. The molecule has 2 aromatic rings. The van der Waals surface area contributed by atoms with Crippen LogP contribution in [0, 0.1) is 5.92 Å². The van der Waals surface area contributed by atoms with Crippen molar-refractivity contribution >= 4 is 0 Å². The lowest BCUT2D eigenvalue weighted by Gasteiger charge is -2.11. The second-order valence-electron chi connectivity index (χ2n) is 4.93. The van der Waals surface area contributed by atoms with E-state index in [0.29, 0.717) is 17.7 Å². The standard InChI is InChI=1S/C15H17N3O/c1-19-14-8-13(17-9-18-14)15(16)12-7-11(12)10-5-3-2-4-6-10/h2-6,8-9,11-12,15H,7,16H2,1H3. The van der Waals surface area contributed by atoms with Gasteiger partial charge in [-0.2, -0.15) is 0 Å². The van der Waals surface area contributed by atoms with Gasteiger partial charge in [0.15, 0.2) is 0 Å². The molecule has 19 heavy (non-hydrogen) atoms. The highest BCUT2D eigenvalue weighted by Gasteiger charge is 2.43. The van der Waals surface area contributed by atoms with Crippen molar-refractivity contribution in [2.24, 2.45) is 11.7 Å². The van der Waals surface area contributed by atoms with Crippen LogP contribution in [-0.4, -0.2) is 17.1 Å². The zero-order valence-electron chi connectivity index (χ0n) is 10.9. The summed E-state index contributed by atoms with van der Waals surface area (Å²) in [6.45, 7) is 0. The minimum absolute atomic E-state index is 0.0536. The minimum Gasteiger partial charge on any atom is -0.481 e. The van der Waals surface area contributed by atoms with Gasteiger partial charge in [-0.25, -0.2) is 9.97 Å². The molecule has 4 heteroatoms. The van der Waals surface area contributed by atoms with E-state index in [9.17, 15) is 0 Å². The number of rotatable bonds is 4. The van der Waals surface area contributed by atoms with Gasteiger partial charge < -0.3 is 10.5 Å². The monoisotopic (exact) mass is 255 g/mol. The fraction of sp³-hybridized carbons (Fsp3) is 0.333. The SMILES string of the molecule is COc1cc(C(N)C2CC2c2ccccc2)ncn1. The van der Waals surface area contributed by atoms with Crippen molar-refractivity contribution in [1.29, 1.82) is 0 Å². The number of nitrogens with two attached hydrogens (primary N) is 1. The maximum atomic E-state index is 6.31. The number of hydrogen-bond donors (Lipinski definition) is 1. The van der Waals surface area contributed by atoms with Crippen LogP contribution in [0.4, 0.5) is 0 Å². The van der Waals surface area contributed by atoms with Crippen molar-refractivity contribution < 1.29 is 4.74 Å². The average molecular weight is 255 g/mol. The highest BCUT2D eigenvalue weighted by molar-refractivity contribution is 5.29. The van der Waals surface area contributed by atoms with E-state index < -0.39 is 0 Å². The molecule has 0 bridgehead atoms. The van der Waals surface area contributed by atoms with Crippen LogP contribution >= 0.6 is 0 Å². The van der Waals surface area contributed by atoms with Gasteiger partial charge in [-0.1, -0.05) is 30.3 Å². The Balaban J connectivity index is 1.74. The molecule has 3 atom stereocenters. The number of hydrogen-bond acceptors (Lipinski definition) is 4. The summed E-state index contributed by atoms with van der Waals surface area (Å²) < 4.78 is 5.11. The molecular formula is C15H17N3O. The molecule has 1 aromatic heterocycles. The normalized spacial score (nSPS) is 22.8. The Labute approximate surface area is 112 Å². The first kappa shape index (κ1) is 12.1. The Morgan fingerprint density at radius 2 is 2.05 bits per heavy atom. The van der Waals surface area contributed by atoms with Gasteiger partial charge in [-0.3, -0.25) is 0 Å². The third kappa shape index (κ3) is 2.44. The smallest absolute Gasteiger partial charge is 0.216 e. The Morgan fingerprint density at radius 3 is 2.79 bits per heavy atom. The van der Waals surface area contributed by atoms with Crippen LogP contribution in [0.25, 0.3) is 0 Å².